The lowest BCUT2D eigenvalue weighted by atomic mass is 9.98. The van der Waals surface area contributed by atoms with Crippen molar-refractivity contribution < 1.29 is 4.92 Å². The summed E-state index contributed by atoms with van der Waals surface area (Å²) in [5.74, 6) is 0. The number of hydrogen-bond acceptors (Lipinski definition) is 4. The van der Waals surface area contributed by atoms with E-state index in [2.05, 4.69) is 0 Å². The van der Waals surface area contributed by atoms with E-state index in [0.29, 0.717) is 10.6 Å². The van der Waals surface area contributed by atoms with Gasteiger partial charge in [-0.25, -0.2) is 0 Å². The van der Waals surface area contributed by atoms with Crippen LogP contribution in [-0.2, 0) is 0 Å². The normalized spacial score (nSPS) is 9.89. The van der Waals surface area contributed by atoms with Crippen LogP contribution in [0.25, 0.3) is 11.1 Å². The first kappa shape index (κ1) is 12.9. The molecule has 0 fully saturated rings. The van der Waals surface area contributed by atoms with E-state index < -0.39 is 4.92 Å². The summed E-state index contributed by atoms with van der Waals surface area (Å²) in [6.45, 7) is 0. The average molecular weight is 274 g/mol. The number of nitro groups is 1. The Hall–Kier alpha value is -2.58. The van der Waals surface area contributed by atoms with Crippen molar-refractivity contribution in [2.45, 2.75) is 0 Å². The molecule has 2 rings (SSSR count). The van der Waals surface area contributed by atoms with Crippen molar-refractivity contribution in [3.05, 3.63) is 57.1 Å². The lowest BCUT2D eigenvalue weighted by Crippen LogP contribution is -2.00. The maximum Gasteiger partial charge on any atom is 0.293 e. The maximum absolute atomic E-state index is 10.8. The van der Waals surface area contributed by atoms with Crippen LogP contribution in [0.4, 0.5) is 11.4 Å². The zero-order chi connectivity index (χ0) is 14.0. The molecule has 0 heterocycles. The first-order chi connectivity index (χ1) is 9.04. The minimum absolute atomic E-state index is 0.0940. The Morgan fingerprint density at radius 1 is 1.21 bits per heavy atom. The zero-order valence-corrected chi connectivity index (χ0v) is 10.4. The van der Waals surface area contributed by atoms with E-state index in [1.165, 1.54) is 12.1 Å². The minimum Gasteiger partial charge on any atom is -0.392 e. The molecular weight excluding hydrogens is 266 g/mol. The second-order valence-corrected chi connectivity index (χ2v) is 4.23. The molecule has 0 bridgehead atoms. The number of nitrogen functional groups attached to an aromatic ring is 1. The number of nitrogens with two attached hydrogens (primary N) is 1. The molecule has 0 saturated carbocycles. The quantitative estimate of drug-likeness (QED) is 0.516. The molecule has 0 aliphatic heterocycles. The van der Waals surface area contributed by atoms with E-state index >= 15 is 0 Å². The fourth-order valence-electron chi connectivity index (χ4n) is 1.76. The van der Waals surface area contributed by atoms with Gasteiger partial charge in [-0.3, -0.25) is 10.1 Å². The summed E-state index contributed by atoms with van der Waals surface area (Å²) in [6, 6.07) is 11.5. The Morgan fingerprint density at radius 3 is 2.37 bits per heavy atom. The van der Waals surface area contributed by atoms with Crippen LogP contribution < -0.4 is 5.73 Å². The number of hydrogen-bond donors (Lipinski definition) is 1. The standard InChI is InChI=1S/C13H8ClN3O2/c14-9-3-1-8(2-4-9)10-5-6-12(17(18)19)13(16)11(10)7-15/h1-6H,16H2. The second-order valence-electron chi connectivity index (χ2n) is 3.80. The van der Waals surface area contributed by atoms with E-state index in [-0.39, 0.29) is 16.9 Å². The first-order valence-corrected chi connectivity index (χ1v) is 5.65. The highest BCUT2D eigenvalue weighted by Crippen LogP contribution is 2.33. The molecule has 0 spiro atoms. The molecule has 94 valence electrons. The van der Waals surface area contributed by atoms with Crippen LogP contribution in [0.1, 0.15) is 5.56 Å². The van der Waals surface area contributed by atoms with E-state index in [9.17, 15) is 10.1 Å². The van der Waals surface area contributed by atoms with Crippen LogP contribution in [0.15, 0.2) is 36.4 Å². The molecule has 0 aliphatic rings. The number of benzene rings is 2. The molecule has 19 heavy (non-hydrogen) atoms. The molecule has 0 amide bonds. The highest BCUT2D eigenvalue weighted by atomic mass is 35.5. The van der Waals surface area contributed by atoms with E-state index in [1.807, 2.05) is 6.07 Å². The van der Waals surface area contributed by atoms with E-state index in [1.54, 1.807) is 24.3 Å². The fraction of sp³-hybridized carbons (Fsp3) is 0. The first-order valence-electron chi connectivity index (χ1n) is 5.27. The number of nitrogens with zero attached hydrogens (tertiary/aromatic N) is 2. The smallest absolute Gasteiger partial charge is 0.293 e. The van der Waals surface area contributed by atoms with Gasteiger partial charge in [-0.1, -0.05) is 23.7 Å². The molecule has 0 unspecified atom stereocenters. The Bertz CT molecular complexity index is 690. The lowest BCUT2D eigenvalue weighted by Gasteiger charge is -2.07. The second kappa shape index (κ2) is 4.96. The summed E-state index contributed by atoms with van der Waals surface area (Å²) >= 11 is 5.79. The van der Waals surface area contributed by atoms with Crippen molar-refractivity contribution in [3.8, 4) is 17.2 Å². The molecule has 2 N–H and O–H groups in total. The summed E-state index contributed by atoms with van der Waals surface area (Å²) < 4.78 is 0. The third kappa shape index (κ3) is 2.34. The van der Waals surface area contributed by atoms with Crippen LogP contribution in [-0.4, -0.2) is 4.92 Å². The molecule has 5 nitrogen and oxygen atoms in total. The van der Waals surface area contributed by atoms with Gasteiger partial charge in [0.25, 0.3) is 5.69 Å². The van der Waals surface area contributed by atoms with Crippen molar-refractivity contribution in [2.24, 2.45) is 0 Å². The zero-order valence-electron chi connectivity index (χ0n) is 9.63. The summed E-state index contributed by atoms with van der Waals surface area (Å²) in [4.78, 5) is 10.2. The SMILES string of the molecule is N#Cc1c(-c2ccc(Cl)cc2)ccc([N+](=O)[O-])c1N. The molecule has 0 aliphatic carbocycles. The Kier molecular flexibility index (Phi) is 3.36. The fourth-order valence-corrected chi connectivity index (χ4v) is 1.88. The Balaban J connectivity index is 2.66. The highest BCUT2D eigenvalue weighted by Gasteiger charge is 2.18. The molecule has 0 aromatic heterocycles. The largest absolute Gasteiger partial charge is 0.392 e. The van der Waals surface area contributed by atoms with Crippen molar-refractivity contribution >= 4 is 23.0 Å². The number of rotatable bonds is 2. The minimum atomic E-state index is -0.609. The van der Waals surface area contributed by atoms with Gasteiger partial charge in [0.15, 0.2) is 0 Å². The lowest BCUT2D eigenvalue weighted by molar-refractivity contribution is -0.383. The summed E-state index contributed by atoms with van der Waals surface area (Å²) in [7, 11) is 0. The molecule has 0 atom stereocenters. The van der Waals surface area contributed by atoms with Gasteiger partial charge < -0.3 is 5.73 Å². The number of halogens is 1. The van der Waals surface area contributed by atoms with Crippen molar-refractivity contribution in [1.82, 2.24) is 0 Å². The molecule has 6 heteroatoms. The number of anilines is 1. The van der Waals surface area contributed by atoms with Crippen molar-refractivity contribution in [2.75, 3.05) is 5.73 Å². The number of nitriles is 1. The van der Waals surface area contributed by atoms with Gasteiger partial charge in [-0.05, 0) is 23.8 Å². The summed E-state index contributed by atoms with van der Waals surface area (Å²) in [5, 5.41) is 20.5. The average Bonchev–Trinajstić information content (AvgIpc) is 2.38. The van der Waals surface area contributed by atoms with E-state index in [4.69, 9.17) is 22.6 Å². The maximum atomic E-state index is 10.8. The van der Waals surface area contributed by atoms with Crippen molar-refractivity contribution in [1.29, 1.82) is 5.26 Å². The van der Waals surface area contributed by atoms with Crippen LogP contribution in [0.5, 0.6) is 0 Å². The molecule has 0 radical (unpaired) electrons. The summed E-state index contributed by atoms with van der Waals surface area (Å²) in [6.07, 6.45) is 0. The topological polar surface area (TPSA) is 92.9 Å². The van der Waals surface area contributed by atoms with Gasteiger partial charge in [0.2, 0.25) is 0 Å². The van der Waals surface area contributed by atoms with Gasteiger partial charge in [0, 0.05) is 16.7 Å². The highest BCUT2D eigenvalue weighted by molar-refractivity contribution is 6.30. The molecular formula is C13H8ClN3O2. The van der Waals surface area contributed by atoms with Gasteiger partial charge >= 0.3 is 0 Å². The van der Waals surface area contributed by atoms with Gasteiger partial charge in [-0.2, -0.15) is 5.26 Å². The molecule has 0 saturated heterocycles. The van der Waals surface area contributed by atoms with Gasteiger partial charge in [0.05, 0.1) is 10.5 Å². The van der Waals surface area contributed by atoms with E-state index in [0.717, 1.165) is 5.56 Å². The Labute approximate surface area is 114 Å². The third-order valence-corrected chi connectivity index (χ3v) is 2.94. The van der Waals surface area contributed by atoms with Gasteiger partial charge in [0.1, 0.15) is 11.8 Å². The van der Waals surface area contributed by atoms with Crippen LogP contribution in [0.2, 0.25) is 5.02 Å². The Morgan fingerprint density at radius 2 is 1.84 bits per heavy atom. The molecule has 2 aromatic rings. The monoisotopic (exact) mass is 273 g/mol. The van der Waals surface area contributed by atoms with Crippen LogP contribution in [0.3, 0.4) is 0 Å². The van der Waals surface area contributed by atoms with Crippen LogP contribution >= 0.6 is 11.6 Å². The van der Waals surface area contributed by atoms with Crippen LogP contribution in [0, 0.1) is 21.4 Å². The number of nitro benzene ring substituents is 1. The molecule has 2 aromatic carbocycles. The predicted molar refractivity (Wildman–Crippen MR) is 72.7 cm³/mol. The van der Waals surface area contributed by atoms with Gasteiger partial charge in [-0.15, -0.1) is 0 Å². The third-order valence-electron chi connectivity index (χ3n) is 2.69. The predicted octanol–water partition coefficient (Wildman–Crippen LogP) is 3.37. The van der Waals surface area contributed by atoms with Crippen molar-refractivity contribution in [3.63, 3.8) is 0 Å². The summed E-state index contributed by atoms with van der Waals surface area (Å²) in [5.41, 5.74) is 6.64.